The Hall–Kier alpha value is -1.72. The molecule has 1 saturated carbocycles. The Bertz CT molecular complexity index is 477. The van der Waals surface area contributed by atoms with E-state index < -0.39 is 0 Å². The van der Waals surface area contributed by atoms with E-state index in [9.17, 15) is 4.79 Å². The highest BCUT2D eigenvalue weighted by molar-refractivity contribution is 5.79. The Morgan fingerprint density at radius 3 is 2.89 bits per heavy atom. The van der Waals surface area contributed by atoms with Gasteiger partial charge in [-0.25, -0.2) is 0 Å². The van der Waals surface area contributed by atoms with Crippen molar-refractivity contribution in [2.24, 2.45) is 5.92 Å². The number of allylic oxidation sites excluding steroid dienone is 2. The van der Waals surface area contributed by atoms with Gasteiger partial charge in [-0.05, 0) is 39.0 Å². The molecule has 1 heterocycles. The molecule has 0 aliphatic heterocycles. The van der Waals surface area contributed by atoms with Crippen LogP contribution in [-0.4, -0.2) is 37.5 Å². The molecular weight excluding hydrogens is 242 g/mol. The molecule has 1 aromatic rings. The molecular formula is C13H19N5O. The lowest BCUT2D eigenvalue weighted by atomic mass is 9.89. The molecule has 1 unspecified atom stereocenters. The highest BCUT2D eigenvalue weighted by Crippen LogP contribution is 2.32. The molecule has 2 aliphatic rings. The summed E-state index contributed by atoms with van der Waals surface area (Å²) >= 11 is 0. The Labute approximate surface area is 112 Å². The van der Waals surface area contributed by atoms with Crippen LogP contribution in [0.1, 0.15) is 44.9 Å². The van der Waals surface area contributed by atoms with Crippen LogP contribution in [0.2, 0.25) is 0 Å². The highest BCUT2D eigenvalue weighted by atomic mass is 16.2. The molecule has 6 heteroatoms. The maximum absolute atomic E-state index is 12.6. The summed E-state index contributed by atoms with van der Waals surface area (Å²) in [4.78, 5) is 14.6. The summed E-state index contributed by atoms with van der Waals surface area (Å²) in [6, 6.07) is 0.387. The molecule has 2 aliphatic carbocycles. The Kier molecular flexibility index (Phi) is 3.31. The average molecular weight is 261 g/mol. The number of aromatic amines is 1. The van der Waals surface area contributed by atoms with E-state index in [1.54, 1.807) is 0 Å². The van der Waals surface area contributed by atoms with Crippen LogP contribution < -0.4 is 0 Å². The minimum absolute atomic E-state index is 0.135. The molecule has 0 spiro atoms. The van der Waals surface area contributed by atoms with Crippen molar-refractivity contribution in [3.05, 3.63) is 17.5 Å². The smallest absolute Gasteiger partial charge is 0.226 e. The number of H-pyrrole nitrogens is 1. The summed E-state index contributed by atoms with van der Waals surface area (Å²) in [6.07, 6.45) is 7.29. The van der Waals surface area contributed by atoms with E-state index in [4.69, 9.17) is 0 Å². The summed E-state index contributed by atoms with van der Waals surface area (Å²) < 4.78 is 0. The largest absolute Gasteiger partial charge is 0.332 e. The zero-order valence-electron chi connectivity index (χ0n) is 11.2. The van der Waals surface area contributed by atoms with Crippen LogP contribution in [0, 0.1) is 5.92 Å². The topological polar surface area (TPSA) is 74.8 Å². The van der Waals surface area contributed by atoms with Gasteiger partial charge in [0, 0.05) is 12.0 Å². The number of nitrogens with one attached hydrogen (secondary N) is 1. The Balaban J connectivity index is 1.68. The zero-order valence-corrected chi connectivity index (χ0v) is 11.2. The molecule has 1 N–H and O–H groups in total. The second-order valence-electron chi connectivity index (χ2n) is 5.55. The van der Waals surface area contributed by atoms with Crippen LogP contribution in [0.4, 0.5) is 0 Å². The SMILES string of the molecule is CC1=CCC(C(=O)N(Cc2nn[nH]n2)C2CC2)CC1. The van der Waals surface area contributed by atoms with Gasteiger partial charge in [0.05, 0.1) is 6.54 Å². The molecule has 1 atom stereocenters. The van der Waals surface area contributed by atoms with E-state index in [1.165, 1.54) is 5.57 Å². The predicted octanol–water partition coefficient (Wildman–Crippen LogP) is 1.44. The van der Waals surface area contributed by atoms with Gasteiger partial charge < -0.3 is 4.90 Å². The van der Waals surface area contributed by atoms with Gasteiger partial charge in [-0.2, -0.15) is 5.21 Å². The Morgan fingerprint density at radius 2 is 2.32 bits per heavy atom. The van der Waals surface area contributed by atoms with E-state index in [-0.39, 0.29) is 11.8 Å². The van der Waals surface area contributed by atoms with Gasteiger partial charge >= 0.3 is 0 Å². The quantitative estimate of drug-likeness (QED) is 0.832. The first-order valence-electron chi connectivity index (χ1n) is 6.92. The summed E-state index contributed by atoms with van der Waals surface area (Å²) in [5.74, 6) is 0.995. The van der Waals surface area contributed by atoms with Crippen LogP contribution in [0.3, 0.4) is 0 Å². The molecule has 0 radical (unpaired) electrons. The minimum atomic E-state index is 0.135. The van der Waals surface area contributed by atoms with Gasteiger partial charge in [-0.15, -0.1) is 10.2 Å². The standard InChI is InChI=1S/C13H19N5O/c1-9-2-4-10(5-3-9)13(19)18(11-6-7-11)8-12-14-16-17-15-12/h2,10-11H,3-8H2,1H3,(H,14,15,16,17). The Morgan fingerprint density at radius 1 is 1.47 bits per heavy atom. The number of nitrogens with zero attached hydrogens (tertiary/aromatic N) is 4. The third-order valence-corrected chi connectivity index (χ3v) is 3.96. The van der Waals surface area contributed by atoms with Crippen molar-refractivity contribution in [1.29, 1.82) is 0 Å². The van der Waals surface area contributed by atoms with Gasteiger partial charge in [0.2, 0.25) is 5.91 Å². The van der Waals surface area contributed by atoms with Crippen molar-refractivity contribution in [2.75, 3.05) is 0 Å². The van der Waals surface area contributed by atoms with Gasteiger partial charge in [0.1, 0.15) is 0 Å². The molecule has 3 rings (SSSR count). The van der Waals surface area contributed by atoms with Crippen LogP contribution in [-0.2, 0) is 11.3 Å². The molecule has 6 nitrogen and oxygen atoms in total. The van der Waals surface area contributed by atoms with Crippen LogP contribution in [0.25, 0.3) is 0 Å². The van der Waals surface area contributed by atoms with E-state index in [0.717, 1.165) is 32.1 Å². The number of tetrazole rings is 1. The third-order valence-electron chi connectivity index (χ3n) is 3.96. The van der Waals surface area contributed by atoms with Gasteiger partial charge in [-0.3, -0.25) is 4.79 Å². The minimum Gasteiger partial charge on any atom is -0.332 e. The molecule has 1 aromatic heterocycles. The van der Waals surface area contributed by atoms with Gasteiger partial charge in [0.25, 0.3) is 0 Å². The van der Waals surface area contributed by atoms with E-state index in [2.05, 4.69) is 33.6 Å². The van der Waals surface area contributed by atoms with Crippen molar-refractivity contribution in [1.82, 2.24) is 25.5 Å². The fourth-order valence-corrected chi connectivity index (χ4v) is 2.60. The normalized spacial score (nSPS) is 23.0. The number of carbonyl (C=O) groups excluding carboxylic acids is 1. The summed E-state index contributed by atoms with van der Waals surface area (Å²) in [5, 5.41) is 13.9. The van der Waals surface area contributed by atoms with Gasteiger partial charge in [0.15, 0.2) is 5.82 Å². The van der Waals surface area contributed by atoms with Crippen LogP contribution in [0.15, 0.2) is 11.6 Å². The molecule has 0 bridgehead atoms. The van der Waals surface area contributed by atoms with Crippen molar-refractivity contribution < 1.29 is 4.79 Å². The first-order valence-corrected chi connectivity index (χ1v) is 6.92. The van der Waals surface area contributed by atoms with E-state index in [1.807, 2.05) is 4.90 Å². The van der Waals surface area contributed by atoms with E-state index >= 15 is 0 Å². The van der Waals surface area contributed by atoms with Crippen LogP contribution >= 0.6 is 0 Å². The maximum atomic E-state index is 12.6. The second-order valence-corrected chi connectivity index (χ2v) is 5.55. The summed E-state index contributed by atoms with van der Waals surface area (Å²) in [7, 11) is 0. The fraction of sp³-hybridized carbons (Fsp3) is 0.692. The second kappa shape index (κ2) is 5.11. The predicted molar refractivity (Wildman–Crippen MR) is 68.8 cm³/mol. The van der Waals surface area contributed by atoms with E-state index in [0.29, 0.717) is 18.4 Å². The molecule has 1 fully saturated rings. The van der Waals surface area contributed by atoms with Crippen molar-refractivity contribution in [3.8, 4) is 0 Å². The monoisotopic (exact) mass is 261 g/mol. The number of carbonyl (C=O) groups is 1. The maximum Gasteiger partial charge on any atom is 0.226 e. The average Bonchev–Trinajstić information content (AvgIpc) is 3.13. The molecule has 1 amide bonds. The fourth-order valence-electron chi connectivity index (χ4n) is 2.60. The van der Waals surface area contributed by atoms with Crippen molar-refractivity contribution in [3.63, 3.8) is 0 Å². The van der Waals surface area contributed by atoms with Crippen molar-refractivity contribution >= 4 is 5.91 Å². The lowest BCUT2D eigenvalue weighted by Gasteiger charge is -2.27. The lowest BCUT2D eigenvalue weighted by Crippen LogP contribution is -2.38. The first-order chi connectivity index (χ1) is 9.24. The van der Waals surface area contributed by atoms with Crippen molar-refractivity contribution in [2.45, 2.75) is 51.6 Å². The number of rotatable bonds is 4. The molecule has 102 valence electrons. The number of amides is 1. The van der Waals surface area contributed by atoms with Crippen LogP contribution in [0.5, 0.6) is 0 Å². The molecule has 0 saturated heterocycles. The number of hydrogen-bond acceptors (Lipinski definition) is 4. The lowest BCUT2D eigenvalue weighted by molar-refractivity contribution is -0.137. The number of hydrogen-bond donors (Lipinski definition) is 1. The summed E-state index contributed by atoms with van der Waals surface area (Å²) in [5.41, 5.74) is 1.40. The number of aromatic nitrogens is 4. The third kappa shape index (κ3) is 2.83. The highest BCUT2D eigenvalue weighted by Gasteiger charge is 2.36. The first kappa shape index (κ1) is 12.3. The zero-order chi connectivity index (χ0) is 13.2. The molecule has 19 heavy (non-hydrogen) atoms. The molecule has 0 aromatic carbocycles. The summed E-state index contributed by atoms with van der Waals surface area (Å²) in [6.45, 7) is 2.62. The van der Waals surface area contributed by atoms with Gasteiger partial charge in [-0.1, -0.05) is 16.9 Å².